The number of ether oxygens (including phenoxy) is 2. The van der Waals surface area contributed by atoms with Crippen molar-refractivity contribution in [2.75, 3.05) is 24.4 Å². The standard InChI is InChI=1S/C19H18N2O6/c1-26-13-6-7-14(16(9-13)27-2)20-15-10-17(22)21(18(15)23)12-5-3-4-11(8-12)19(24)25/h3-9,15,20H,10H2,1-2H3,(H,24,25)/t15-/m1/s1. The highest BCUT2D eigenvalue weighted by atomic mass is 16.5. The van der Waals surface area contributed by atoms with Crippen molar-refractivity contribution >= 4 is 29.2 Å². The quantitative estimate of drug-likeness (QED) is 0.751. The van der Waals surface area contributed by atoms with Gasteiger partial charge in [-0.2, -0.15) is 0 Å². The van der Waals surface area contributed by atoms with Crippen LogP contribution in [0.2, 0.25) is 0 Å². The summed E-state index contributed by atoms with van der Waals surface area (Å²) in [5, 5.41) is 12.1. The van der Waals surface area contributed by atoms with E-state index in [0.29, 0.717) is 17.2 Å². The molecular formula is C19H18N2O6. The van der Waals surface area contributed by atoms with E-state index in [1.165, 1.54) is 38.5 Å². The van der Waals surface area contributed by atoms with Gasteiger partial charge in [0.25, 0.3) is 5.91 Å². The van der Waals surface area contributed by atoms with Gasteiger partial charge in [-0.3, -0.25) is 9.59 Å². The summed E-state index contributed by atoms with van der Waals surface area (Å²) >= 11 is 0. The number of rotatable bonds is 6. The third kappa shape index (κ3) is 3.55. The van der Waals surface area contributed by atoms with Crippen LogP contribution in [-0.2, 0) is 9.59 Å². The summed E-state index contributed by atoms with van der Waals surface area (Å²) in [7, 11) is 3.02. The molecule has 3 rings (SSSR count). The minimum atomic E-state index is -1.13. The molecule has 8 heteroatoms. The Kier molecular flexibility index (Phi) is 4.98. The van der Waals surface area contributed by atoms with Crippen LogP contribution in [0.15, 0.2) is 42.5 Å². The van der Waals surface area contributed by atoms with Gasteiger partial charge in [0, 0.05) is 6.07 Å². The Morgan fingerprint density at radius 3 is 2.59 bits per heavy atom. The molecule has 27 heavy (non-hydrogen) atoms. The number of carboxylic acids is 1. The van der Waals surface area contributed by atoms with Gasteiger partial charge in [-0.15, -0.1) is 0 Å². The van der Waals surface area contributed by atoms with Crippen LogP contribution in [0, 0.1) is 0 Å². The number of nitrogens with one attached hydrogen (secondary N) is 1. The van der Waals surface area contributed by atoms with Crippen molar-refractivity contribution in [1.29, 1.82) is 0 Å². The smallest absolute Gasteiger partial charge is 0.335 e. The SMILES string of the molecule is COc1ccc(N[C@@H]2CC(=O)N(c3cccc(C(=O)O)c3)C2=O)c(OC)c1. The molecule has 2 aromatic carbocycles. The number of aromatic carboxylic acids is 1. The molecule has 1 aliphatic heterocycles. The van der Waals surface area contributed by atoms with E-state index in [9.17, 15) is 14.4 Å². The minimum absolute atomic E-state index is 0.00123. The maximum absolute atomic E-state index is 12.8. The first kappa shape index (κ1) is 18.2. The van der Waals surface area contributed by atoms with Gasteiger partial charge in [0.1, 0.15) is 17.5 Å². The van der Waals surface area contributed by atoms with Gasteiger partial charge in [0.2, 0.25) is 5.91 Å². The Bertz CT molecular complexity index is 911. The highest BCUT2D eigenvalue weighted by Crippen LogP contribution is 2.32. The first-order valence-corrected chi connectivity index (χ1v) is 8.13. The van der Waals surface area contributed by atoms with E-state index >= 15 is 0 Å². The second-order valence-electron chi connectivity index (χ2n) is 5.89. The highest BCUT2D eigenvalue weighted by molar-refractivity contribution is 6.23. The summed E-state index contributed by atoms with van der Waals surface area (Å²) in [5.74, 6) is -0.930. The van der Waals surface area contributed by atoms with E-state index in [4.69, 9.17) is 14.6 Å². The number of anilines is 2. The Morgan fingerprint density at radius 2 is 1.93 bits per heavy atom. The molecule has 0 radical (unpaired) electrons. The van der Waals surface area contributed by atoms with Crippen molar-refractivity contribution in [2.45, 2.75) is 12.5 Å². The van der Waals surface area contributed by atoms with Crippen LogP contribution in [-0.4, -0.2) is 43.2 Å². The van der Waals surface area contributed by atoms with Gasteiger partial charge < -0.3 is 19.9 Å². The largest absolute Gasteiger partial charge is 0.497 e. The lowest BCUT2D eigenvalue weighted by Gasteiger charge is -2.18. The number of amides is 2. The molecule has 2 amide bonds. The van der Waals surface area contributed by atoms with E-state index in [-0.39, 0.29) is 17.7 Å². The summed E-state index contributed by atoms with van der Waals surface area (Å²) in [6, 6.07) is 10.0. The fourth-order valence-electron chi connectivity index (χ4n) is 2.90. The van der Waals surface area contributed by atoms with Crippen LogP contribution in [0.5, 0.6) is 11.5 Å². The number of nitrogens with zero attached hydrogens (tertiary/aromatic N) is 1. The fourth-order valence-corrected chi connectivity index (χ4v) is 2.90. The molecular weight excluding hydrogens is 352 g/mol. The third-order valence-electron chi connectivity index (χ3n) is 4.24. The molecule has 0 aliphatic carbocycles. The minimum Gasteiger partial charge on any atom is -0.497 e. The van der Waals surface area contributed by atoms with Gasteiger partial charge in [-0.05, 0) is 30.3 Å². The molecule has 1 fully saturated rings. The predicted octanol–water partition coefficient (Wildman–Crippen LogP) is 2.15. The lowest BCUT2D eigenvalue weighted by atomic mass is 10.2. The monoisotopic (exact) mass is 370 g/mol. The number of carbonyl (C=O) groups excluding carboxylic acids is 2. The summed E-state index contributed by atoms with van der Waals surface area (Å²) in [5.41, 5.74) is 0.780. The second kappa shape index (κ2) is 7.36. The predicted molar refractivity (Wildman–Crippen MR) is 97.5 cm³/mol. The van der Waals surface area contributed by atoms with Crippen molar-refractivity contribution < 1.29 is 29.0 Å². The molecule has 1 aliphatic rings. The second-order valence-corrected chi connectivity index (χ2v) is 5.89. The van der Waals surface area contributed by atoms with Crippen LogP contribution in [0.1, 0.15) is 16.8 Å². The van der Waals surface area contributed by atoms with Gasteiger partial charge in [-0.1, -0.05) is 6.07 Å². The first-order chi connectivity index (χ1) is 12.9. The van der Waals surface area contributed by atoms with Gasteiger partial charge in [-0.25, -0.2) is 9.69 Å². The zero-order valence-corrected chi connectivity index (χ0v) is 14.8. The van der Waals surface area contributed by atoms with E-state index in [2.05, 4.69) is 5.32 Å². The van der Waals surface area contributed by atoms with Crippen molar-refractivity contribution in [2.24, 2.45) is 0 Å². The summed E-state index contributed by atoms with van der Waals surface area (Å²) in [6.45, 7) is 0. The lowest BCUT2D eigenvalue weighted by molar-refractivity contribution is -0.121. The van der Waals surface area contributed by atoms with Crippen LogP contribution in [0.25, 0.3) is 0 Å². The Hall–Kier alpha value is -3.55. The van der Waals surface area contributed by atoms with E-state index < -0.39 is 23.8 Å². The molecule has 8 nitrogen and oxygen atoms in total. The fraction of sp³-hybridized carbons (Fsp3) is 0.211. The van der Waals surface area contributed by atoms with Gasteiger partial charge >= 0.3 is 5.97 Å². The van der Waals surface area contributed by atoms with Gasteiger partial charge in [0.05, 0.1) is 37.6 Å². The molecule has 2 aromatic rings. The van der Waals surface area contributed by atoms with Crippen LogP contribution >= 0.6 is 0 Å². The number of hydrogen-bond donors (Lipinski definition) is 2. The molecule has 0 aromatic heterocycles. The number of carboxylic acid groups (broad SMARTS) is 1. The van der Waals surface area contributed by atoms with Gasteiger partial charge in [0.15, 0.2) is 0 Å². The molecule has 0 bridgehead atoms. The molecule has 0 saturated carbocycles. The maximum Gasteiger partial charge on any atom is 0.335 e. The summed E-state index contributed by atoms with van der Waals surface area (Å²) in [6.07, 6.45) is -0.0503. The van der Waals surface area contributed by atoms with Crippen molar-refractivity contribution in [3.05, 3.63) is 48.0 Å². The molecule has 1 saturated heterocycles. The Labute approximate surface area is 155 Å². The Balaban J connectivity index is 1.85. The zero-order valence-electron chi connectivity index (χ0n) is 14.8. The van der Waals surface area contributed by atoms with E-state index in [0.717, 1.165) is 4.90 Å². The van der Waals surface area contributed by atoms with E-state index in [1.807, 2.05) is 0 Å². The van der Waals surface area contributed by atoms with Crippen molar-refractivity contribution in [3.8, 4) is 11.5 Å². The van der Waals surface area contributed by atoms with Crippen LogP contribution < -0.4 is 19.7 Å². The topological polar surface area (TPSA) is 105 Å². The van der Waals surface area contributed by atoms with Crippen LogP contribution in [0.3, 0.4) is 0 Å². The average molecular weight is 370 g/mol. The van der Waals surface area contributed by atoms with Crippen molar-refractivity contribution in [3.63, 3.8) is 0 Å². The summed E-state index contributed by atoms with van der Waals surface area (Å²) < 4.78 is 10.4. The third-order valence-corrected chi connectivity index (χ3v) is 4.24. The first-order valence-electron chi connectivity index (χ1n) is 8.13. The maximum atomic E-state index is 12.8. The highest BCUT2D eigenvalue weighted by Gasteiger charge is 2.40. The normalized spacial score (nSPS) is 16.4. The van der Waals surface area contributed by atoms with Crippen LogP contribution in [0.4, 0.5) is 11.4 Å². The molecule has 0 unspecified atom stereocenters. The van der Waals surface area contributed by atoms with Crippen molar-refractivity contribution in [1.82, 2.24) is 0 Å². The summed E-state index contributed by atoms with van der Waals surface area (Å²) in [4.78, 5) is 37.3. The number of methoxy groups -OCH3 is 2. The number of hydrogen-bond acceptors (Lipinski definition) is 6. The van der Waals surface area contributed by atoms with E-state index in [1.54, 1.807) is 18.2 Å². The average Bonchev–Trinajstić information content (AvgIpc) is 2.95. The molecule has 1 atom stereocenters. The lowest BCUT2D eigenvalue weighted by Crippen LogP contribution is -2.35. The zero-order chi connectivity index (χ0) is 19.6. The molecule has 0 spiro atoms. The number of benzene rings is 2. The molecule has 140 valence electrons. The number of carbonyl (C=O) groups is 3. The Morgan fingerprint density at radius 1 is 1.15 bits per heavy atom. The molecule has 1 heterocycles. The molecule has 2 N–H and O–H groups in total. The number of imide groups is 1.